The van der Waals surface area contributed by atoms with Gasteiger partial charge < -0.3 is 4.90 Å². The van der Waals surface area contributed by atoms with Crippen molar-refractivity contribution >= 4 is 5.69 Å². The largest absolute Gasteiger partial charge is 0.378 e. The number of fused-ring (bicyclic) bond motifs is 1. The quantitative estimate of drug-likeness (QED) is 0.839. The van der Waals surface area contributed by atoms with Gasteiger partial charge in [0.2, 0.25) is 0 Å². The Bertz CT molecular complexity index is 601. The van der Waals surface area contributed by atoms with Crippen molar-refractivity contribution in [1.82, 2.24) is 4.90 Å². The van der Waals surface area contributed by atoms with Crippen molar-refractivity contribution in [2.24, 2.45) is 0 Å². The average Bonchev–Trinajstić information content (AvgIpc) is 2.92. The molecule has 0 bridgehead atoms. The molecule has 0 radical (unpaired) electrons. The van der Waals surface area contributed by atoms with Crippen LogP contribution in [0.1, 0.15) is 29.2 Å². The molecule has 2 nitrogen and oxygen atoms in total. The SMILES string of the molecule is CN(C)c1ccc(CN(C)C2CCc3ccccc32)cc1. The van der Waals surface area contributed by atoms with Crippen molar-refractivity contribution in [2.45, 2.75) is 25.4 Å². The first kappa shape index (κ1) is 14.2. The van der Waals surface area contributed by atoms with E-state index >= 15 is 0 Å². The van der Waals surface area contributed by atoms with Crippen molar-refractivity contribution in [3.05, 3.63) is 65.2 Å². The maximum atomic E-state index is 2.48. The van der Waals surface area contributed by atoms with Crippen molar-refractivity contribution in [3.8, 4) is 0 Å². The van der Waals surface area contributed by atoms with Gasteiger partial charge in [-0.05, 0) is 48.7 Å². The fraction of sp³-hybridized carbons (Fsp3) is 0.368. The Morgan fingerprint density at radius 2 is 1.67 bits per heavy atom. The molecule has 1 aliphatic rings. The minimum atomic E-state index is 0.565. The molecule has 1 atom stereocenters. The Morgan fingerprint density at radius 3 is 2.38 bits per heavy atom. The van der Waals surface area contributed by atoms with Crippen molar-refractivity contribution in [1.29, 1.82) is 0 Å². The van der Waals surface area contributed by atoms with Crippen LogP contribution in [0.25, 0.3) is 0 Å². The summed E-state index contributed by atoms with van der Waals surface area (Å²) >= 11 is 0. The number of benzene rings is 2. The molecule has 0 saturated carbocycles. The number of nitrogens with zero attached hydrogens (tertiary/aromatic N) is 2. The van der Waals surface area contributed by atoms with E-state index in [0.29, 0.717) is 6.04 Å². The summed E-state index contributed by atoms with van der Waals surface area (Å²) in [5.41, 5.74) is 5.68. The van der Waals surface area contributed by atoms with Crippen LogP contribution in [0.3, 0.4) is 0 Å². The van der Waals surface area contributed by atoms with Gasteiger partial charge in [-0.1, -0.05) is 36.4 Å². The molecule has 0 saturated heterocycles. The summed E-state index contributed by atoms with van der Waals surface area (Å²) in [6.45, 7) is 1.01. The predicted octanol–water partition coefficient (Wildman–Crippen LogP) is 3.87. The van der Waals surface area contributed by atoms with Crippen LogP contribution >= 0.6 is 0 Å². The Kier molecular flexibility index (Phi) is 3.98. The maximum absolute atomic E-state index is 2.48. The molecule has 0 N–H and O–H groups in total. The standard InChI is InChI=1S/C19H24N2/c1-20(2)17-11-8-15(9-12-17)14-21(3)19-13-10-16-6-4-5-7-18(16)19/h4-9,11-12,19H,10,13-14H2,1-3H3. The topological polar surface area (TPSA) is 6.48 Å². The number of hydrogen-bond donors (Lipinski definition) is 0. The first-order valence-corrected chi connectivity index (χ1v) is 7.69. The van der Waals surface area contributed by atoms with Crippen molar-refractivity contribution in [2.75, 3.05) is 26.0 Å². The van der Waals surface area contributed by atoms with Gasteiger partial charge in [0, 0.05) is 32.4 Å². The number of anilines is 1. The molecule has 1 aliphatic carbocycles. The van der Waals surface area contributed by atoms with Gasteiger partial charge in [0.1, 0.15) is 0 Å². The highest BCUT2D eigenvalue weighted by molar-refractivity contribution is 5.46. The summed E-state index contributed by atoms with van der Waals surface area (Å²) in [5.74, 6) is 0. The summed E-state index contributed by atoms with van der Waals surface area (Å²) in [5, 5.41) is 0. The minimum absolute atomic E-state index is 0.565. The Hall–Kier alpha value is -1.80. The first-order chi connectivity index (χ1) is 10.1. The van der Waals surface area contributed by atoms with E-state index < -0.39 is 0 Å². The van der Waals surface area contributed by atoms with E-state index in [4.69, 9.17) is 0 Å². The van der Waals surface area contributed by atoms with Crippen LogP contribution in [0.5, 0.6) is 0 Å². The number of aryl methyl sites for hydroxylation is 1. The van der Waals surface area contributed by atoms with E-state index in [1.807, 2.05) is 0 Å². The first-order valence-electron chi connectivity index (χ1n) is 7.69. The molecule has 0 aromatic heterocycles. The van der Waals surface area contributed by atoms with E-state index in [-0.39, 0.29) is 0 Å². The molecule has 110 valence electrons. The molecule has 0 aliphatic heterocycles. The second-order valence-corrected chi connectivity index (χ2v) is 6.23. The third-order valence-corrected chi connectivity index (χ3v) is 4.52. The van der Waals surface area contributed by atoms with Crippen LogP contribution in [0, 0.1) is 0 Å². The molecular weight excluding hydrogens is 256 g/mol. The van der Waals surface area contributed by atoms with Crippen LogP contribution in [0.15, 0.2) is 48.5 Å². The van der Waals surface area contributed by atoms with E-state index in [1.165, 1.54) is 35.2 Å². The zero-order valence-electron chi connectivity index (χ0n) is 13.2. The molecule has 0 spiro atoms. The molecule has 1 unspecified atom stereocenters. The minimum Gasteiger partial charge on any atom is -0.378 e. The predicted molar refractivity (Wildman–Crippen MR) is 89.7 cm³/mol. The van der Waals surface area contributed by atoms with Gasteiger partial charge in [-0.25, -0.2) is 0 Å². The summed E-state index contributed by atoms with van der Waals surface area (Å²) in [6.07, 6.45) is 2.45. The summed E-state index contributed by atoms with van der Waals surface area (Å²) in [6, 6.07) is 18.3. The summed E-state index contributed by atoms with van der Waals surface area (Å²) < 4.78 is 0. The van der Waals surface area contributed by atoms with Crippen molar-refractivity contribution in [3.63, 3.8) is 0 Å². The van der Waals surface area contributed by atoms with Gasteiger partial charge in [-0.15, -0.1) is 0 Å². The Labute approximate surface area is 128 Å². The fourth-order valence-corrected chi connectivity index (χ4v) is 3.29. The lowest BCUT2D eigenvalue weighted by atomic mass is 10.1. The van der Waals surface area contributed by atoms with E-state index in [2.05, 4.69) is 79.5 Å². The van der Waals surface area contributed by atoms with Crippen LogP contribution in [0.4, 0.5) is 5.69 Å². The van der Waals surface area contributed by atoms with Gasteiger partial charge >= 0.3 is 0 Å². The zero-order valence-corrected chi connectivity index (χ0v) is 13.2. The highest BCUT2D eigenvalue weighted by atomic mass is 15.1. The van der Waals surface area contributed by atoms with Crippen LogP contribution in [-0.2, 0) is 13.0 Å². The van der Waals surface area contributed by atoms with E-state index in [0.717, 1.165) is 6.54 Å². The Balaban J connectivity index is 1.71. The molecule has 2 heteroatoms. The molecule has 0 heterocycles. The molecule has 0 fully saturated rings. The van der Waals surface area contributed by atoms with Crippen molar-refractivity contribution < 1.29 is 0 Å². The van der Waals surface area contributed by atoms with Crippen LogP contribution < -0.4 is 4.90 Å². The maximum Gasteiger partial charge on any atom is 0.0361 e. The van der Waals surface area contributed by atoms with Crippen LogP contribution in [-0.4, -0.2) is 26.0 Å². The van der Waals surface area contributed by atoms with Gasteiger partial charge in [0.25, 0.3) is 0 Å². The normalized spacial score (nSPS) is 17.0. The molecule has 3 rings (SSSR count). The second kappa shape index (κ2) is 5.90. The molecule has 21 heavy (non-hydrogen) atoms. The monoisotopic (exact) mass is 280 g/mol. The highest BCUT2D eigenvalue weighted by Crippen LogP contribution is 2.35. The van der Waals surface area contributed by atoms with Crippen LogP contribution in [0.2, 0.25) is 0 Å². The van der Waals surface area contributed by atoms with E-state index in [9.17, 15) is 0 Å². The Morgan fingerprint density at radius 1 is 0.952 bits per heavy atom. The van der Waals surface area contributed by atoms with E-state index in [1.54, 1.807) is 0 Å². The average molecular weight is 280 g/mol. The summed E-state index contributed by atoms with van der Waals surface area (Å²) in [7, 11) is 6.40. The third-order valence-electron chi connectivity index (χ3n) is 4.52. The lowest BCUT2D eigenvalue weighted by Gasteiger charge is -2.25. The molecule has 0 amide bonds. The molecule has 2 aromatic rings. The smallest absolute Gasteiger partial charge is 0.0361 e. The van der Waals surface area contributed by atoms with Gasteiger partial charge in [0.05, 0.1) is 0 Å². The lowest BCUT2D eigenvalue weighted by molar-refractivity contribution is 0.236. The number of hydrogen-bond acceptors (Lipinski definition) is 2. The lowest BCUT2D eigenvalue weighted by Crippen LogP contribution is -2.22. The second-order valence-electron chi connectivity index (χ2n) is 6.23. The van der Waals surface area contributed by atoms with Gasteiger partial charge in [-0.3, -0.25) is 4.90 Å². The van der Waals surface area contributed by atoms with Gasteiger partial charge in [-0.2, -0.15) is 0 Å². The highest BCUT2D eigenvalue weighted by Gasteiger charge is 2.25. The molecular formula is C19H24N2. The molecule has 2 aromatic carbocycles. The fourth-order valence-electron chi connectivity index (χ4n) is 3.29. The van der Waals surface area contributed by atoms with Gasteiger partial charge in [0.15, 0.2) is 0 Å². The number of rotatable bonds is 4. The third kappa shape index (κ3) is 2.96. The summed E-state index contributed by atoms with van der Waals surface area (Å²) in [4.78, 5) is 4.62. The zero-order chi connectivity index (χ0) is 14.8.